The fourth-order valence-electron chi connectivity index (χ4n) is 3.50. The molecule has 0 spiro atoms. The molecule has 1 saturated heterocycles. The molecule has 2 aromatic heterocycles. The van der Waals surface area contributed by atoms with Gasteiger partial charge in [-0.1, -0.05) is 6.92 Å². The lowest BCUT2D eigenvalue weighted by Crippen LogP contribution is -2.45. The van der Waals surface area contributed by atoms with Crippen LogP contribution in [0.4, 0.5) is 0 Å². The highest BCUT2D eigenvalue weighted by Crippen LogP contribution is 2.40. The van der Waals surface area contributed by atoms with Gasteiger partial charge in [-0.05, 0) is 39.2 Å². The first-order chi connectivity index (χ1) is 12.1. The standard InChI is InChI=1S/C19H26N4O2/c1-4-14-11-22(7-8-25-14)19(24)15-9-17(13-5-6-13)21-18-16(15)10-20-23(18)12(2)3/h9-10,12-14H,4-8,11H2,1-3H3/t14-/m1/s1. The zero-order chi connectivity index (χ0) is 17.6. The Balaban J connectivity index is 1.76. The minimum absolute atomic E-state index is 0.0827. The van der Waals surface area contributed by atoms with Crippen molar-refractivity contribution in [2.45, 2.75) is 58.1 Å². The minimum Gasteiger partial charge on any atom is -0.375 e. The first kappa shape index (κ1) is 16.5. The molecule has 1 aliphatic carbocycles. The summed E-state index contributed by atoms with van der Waals surface area (Å²) < 4.78 is 7.64. The van der Waals surface area contributed by atoms with Gasteiger partial charge >= 0.3 is 0 Å². The number of carbonyl (C=O) groups excluding carboxylic acids is 1. The lowest BCUT2D eigenvalue weighted by Gasteiger charge is -2.32. The van der Waals surface area contributed by atoms with E-state index in [0.717, 1.165) is 41.6 Å². The molecular formula is C19H26N4O2. The van der Waals surface area contributed by atoms with E-state index in [2.05, 4.69) is 25.9 Å². The molecule has 2 aromatic rings. The molecule has 0 unspecified atom stereocenters. The van der Waals surface area contributed by atoms with Gasteiger partial charge in [0, 0.05) is 30.7 Å². The Hall–Kier alpha value is -1.95. The van der Waals surface area contributed by atoms with Crippen LogP contribution in [0.1, 0.15) is 68.0 Å². The maximum absolute atomic E-state index is 13.3. The number of pyridine rings is 1. The zero-order valence-electron chi connectivity index (χ0n) is 15.2. The maximum Gasteiger partial charge on any atom is 0.254 e. The first-order valence-electron chi connectivity index (χ1n) is 9.37. The molecule has 2 aliphatic rings. The van der Waals surface area contributed by atoms with Crippen LogP contribution in [0.5, 0.6) is 0 Å². The van der Waals surface area contributed by atoms with Crippen molar-refractivity contribution >= 4 is 16.9 Å². The molecule has 0 radical (unpaired) electrons. The third-order valence-electron chi connectivity index (χ3n) is 5.18. The Morgan fingerprint density at radius 3 is 2.88 bits per heavy atom. The second-order valence-corrected chi connectivity index (χ2v) is 7.44. The van der Waals surface area contributed by atoms with Gasteiger partial charge in [-0.25, -0.2) is 9.67 Å². The fraction of sp³-hybridized carbons (Fsp3) is 0.632. The van der Waals surface area contributed by atoms with E-state index in [0.29, 0.717) is 25.6 Å². The molecule has 134 valence electrons. The summed E-state index contributed by atoms with van der Waals surface area (Å²) in [4.78, 5) is 20.0. The van der Waals surface area contributed by atoms with Crippen molar-refractivity contribution in [3.63, 3.8) is 0 Å². The van der Waals surface area contributed by atoms with Gasteiger partial charge in [0.25, 0.3) is 5.91 Å². The van der Waals surface area contributed by atoms with Crippen molar-refractivity contribution in [1.29, 1.82) is 0 Å². The van der Waals surface area contributed by atoms with E-state index in [1.165, 1.54) is 0 Å². The van der Waals surface area contributed by atoms with Crippen molar-refractivity contribution < 1.29 is 9.53 Å². The quantitative estimate of drug-likeness (QED) is 0.856. The number of morpholine rings is 1. The summed E-state index contributed by atoms with van der Waals surface area (Å²) in [5.41, 5.74) is 2.62. The predicted octanol–water partition coefficient (Wildman–Crippen LogP) is 3.14. The van der Waals surface area contributed by atoms with E-state index in [4.69, 9.17) is 9.72 Å². The van der Waals surface area contributed by atoms with Gasteiger partial charge in [-0.3, -0.25) is 4.79 Å². The summed E-state index contributed by atoms with van der Waals surface area (Å²) in [6.07, 6.45) is 5.18. The van der Waals surface area contributed by atoms with Crippen LogP contribution in [0.15, 0.2) is 12.3 Å². The van der Waals surface area contributed by atoms with Gasteiger partial charge in [-0.15, -0.1) is 0 Å². The molecule has 0 bridgehead atoms. The van der Waals surface area contributed by atoms with Crippen molar-refractivity contribution in [2.24, 2.45) is 0 Å². The number of rotatable bonds is 4. The van der Waals surface area contributed by atoms with Gasteiger partial charge in [0.15, 0.2) is 5.65 Å². The van der Waals surface area contributed by atoms with E-state index in [-0.39, 0.29) is 18.1 Å². The molecule has 1 atom stereocenters. The topological polar surface area (TPSA) is 60.2 Å². The third-order valence-corrected chi connectivity index (χ3v) is 5.18. The van der Waals surface area contributed by atoms with E-state index < -0.39 is 0 Å². The predicted molar refractivity (Wildman–Crippen MR) is 95.8 cm³/mol. The largest absolute Gasteiger partial charge is 0.375 e. The van der Waals surface area contributed by atoms with E-state index in [9.17, 15) is 4.79 Å². The number of hydrogen-bond donors (Lipinski definition) is 0. The van der Waals surface area contributed by atoms with Crippen LogP contribution < -0.4 is 0 Å². The highest BCUT2D eigenvalue weighted by molar-refractivity contribution is 6.05. The first-order valence-corrected chi connectivity index (χ1v) is 9.37. The van der Waals surface area contributed by atoms with Gasteiger partial charge < -0.3 is 9.64 Å². The van der Waals surface area contributed by atoms with Crippen molar-refractivity contribution in [1.82, 2.24) is 19.7 Å². The molecule has 1 saturated carbocycles. The van der Waals surface area contributed by atoms with Crippen LogP contribution in [0, 0.1) is 0 Å². The summed E-state index contributed by atoms with van der Waals surface area (Å²) >= 11 is 0. The highest BCUT2D eigenvalue weighted by Gasteiger charge is 2.30. The number of ether oxygens (including phenoxy) is 1. The van der Waals surface area contributed by atoms with Crippen LogP contribution in [-0.2, 0) is 4.74 Å². The summed E-state index contributed by atoms with van der Waals surface area (Å²) in [6.45, 7) is 8.20. The highest BCUT2D eigenvalue weighted by atomic mass is 16.5. The maximum atomic E-state index is 13.3. The molecule has 0 N–H and O–H groups in total. The second kappa shape index (κ2) is 6.41. The average Bonchev–Trinajstić information content (AvgIpc) is 3.39. The number of carbonyl (C=O) groups is 1. The van der Waals surface area contributed by atoms with Crippen molar-refractivity contribution in [2.75, 3.05) is 19.7 Å². The number of nitrogens with zero attached hydrogens (tertiary/aromatic N) is 4. The SMILES string of the molecule is CC[C@@H]1CN(C(=O)c2cc(C3CC3)nc3c2cnn3C(C)C)CCO1. The molecule has 1 amide bonds. The molecular weight excluding hydrogens is 316 g/mol. The summed E-state index contributed by atoms with van der Waals surface area (Å²) in [5.74, 6) is 0.582. The van der Waals surface area contributed by atoms with E-state index in [1.54, 1.807) is 6.20 Å². The van der Waals surface area contributed by atoms with Crippen LogP contribution >= 0.6 is 0 Å². The van der Waals surface area contributed by atoms with Crippen LogP contribution in [0.25, 0.3) is 11.0 Å². The van der Waals surface area contributed by atoms with Gasteiger partial charge in [0.05, 0.1) is 29.9 Å². The Morgan fingerprint density at radius 1 is 1.40 bits per heavy atom. The van der Waals surface area contributed by atoms with Crippen molar-refractivity contribution in [3.05, 3.63) is 23.5 Å². The van der Waals surface area contributed by atoms with Crippen LogP contribution in [0.2, 0.25) is 0 Å². The summed E-state index contributed by atoms with van der Waals surface area (Å²) in [5, 5.41) is 5.36. The normalized spacial score (nSPS) is 21.3. The van der Waals surface area contributed by atoms with Crippen molar-refractivity contribution in [3.8, 4) is 0 Å². The molecule has 4 rings (SSSR count). The Kier molecular flexibility index (Phi) is 4.23. The summed E-state index contributed by atoms with van der Waals surface area (Å²) in [6, 6.07) is 2.22. The number of hydrogen-bond acceptors (Lipinski definition) is 4. The fourth-order valence-corrected chi connectivity index (χ4v) is 3.50. The molecule has 6 nitrogen and oxygen atoms in total. The molecule has 0 aromatic carbocycles. The molecule has 3 heterocycles. The molecule has 2 fully saturated rings. The van der Waals surface area contributed by atoms with Gasteiger partial charge in [0.2, 0.25) is 0 Å². The zero-order valence-corrected chi connectivity index (χ0v) is 15.2. The lowest BCUT2D eigenvalue weighted by molar-refractivity contribution is -0.0225. The monoisotopic (exact) mass is 342 g/mol. The summed E-state index contributed by atoms with van der Waals surface area (Å²) in [7, 11) is 0. The van der Waals surface area contributed by atoms with Crippen LogP contribution in [-0.4, -0.2) is 51.4 Å². The number of fused-ring (bicyclic) bond motifs is 1. The number of aromatic nitrogens is 3. The average molecular weight is 342 g/mol. The second-order valence-electron chi connectivity index (χ2n) is 7.44. The molecule has 1 aliphatic heterocycles. The Labute approximate surface area is 148 Å². The Morgan fingerprint density at radius 2 is 2.20 bits per heavy atom. The van der Waals surface area contributed by atoms with Crippen LogP contribution in [0.3, 0.4) is 0 Å². The van der Waals surface area contributed by atoms with Gasteiger partial charge in [0.1, 0.15) is 0 Å². The lowest BCUT2D eigenvalue weighted by atomic mass is 10.1. The third kappa shape index (κ3) is 3.03. The molecule has 25 heavy (non-hydrogen) atoms. The number of amides is 1. The van der Waals surface area contributed by atoms with E-state index in [1.807, 2.05) is 15.6 Å². The van der Waals surface area contributed by atoms with Gasteiger partial charge in [-0.2, -0.15) is 5.10 Å². The Bertz CT molecular complexity index is 794. The smallest absolute Gasteiger partial charge is 0.254 e. The minimum atomic E-state index is 0.0827. The molecule has 6 heteroatoms. The van der Waals surface area contributed by atoms with E-state index >= 15 is 0 Å².